The largest absolute Gasteiger partial charge is 0.481 e. The van der Waals surface area contributed by atoms with E-state index in [1.165, 1.54) is 0 Å². The van der Waals surface area contributed by atoms with E-state index in [0.717, 1.165) is 33.5 Å². The number of hydrogen-bond donors (Lipinski definition) is 2. The zero-order valence-electron chi connectivity index (χ0n) is 22.2. The number of carboxylic acid groups (broad SMARTS) is 1. The van der Waals surface area contributed by atoms with E-state index in [4.69, 9.17) is 9.15 Å². The summed E-state index contributed by atoms with van der Waals surface area (Å²) >= 11 is 0. The van der Waals surface area contributed by atoms with Gasteiger partial charge in [0.05, 0.1) is 10.8 Å². The van der Waals surface area contributed by atoms with Crippen molar-refractivity contribution in [2.45, 2.75) is 38.2 Å². The van der Waals surface area contributed by atoms with Gasteiger partial charge in [-0.05, 0) is 61.1 Å². The summed E-state index contributed by atoms with van der Waals surface area (Å²) in [4.78, 5) is 29.1. The van der Waals surface area contributed by atoms with E-state index in [1.807, 2.05) is 105 Å². The molecule has 0 spiro atoms. The number of aromatic nitrogens is 1. The summed E-state index contributed by atoms with van der Waals surface area (Å²) in [7, 11) is 0. The average molecular weight is 533 g/mol. The maximum Gasteiger partial charge on any atom is 0.412 e. The smallest absolute Gasteiger partial charge is 0.412 e. The third kappa shape index (κ3) is 4.71. The number of carbonyl (C=O) groups is 2. The van der Waals surface area contributed by atoms with E-state index in [2.05, 4.69) is 10.3 Å². The highest BCUT2D eigenvalue weighted by Gasteiger charge is 2.51. The second kappa shape index (κ2) is 10.0. The van der Waals surface area contributed by atoms with Gasteiger partial charge in [0, 0.05) is 11.3 Å². The first kappa shape index (κ1) is 25.4. The number of rotatable bonds is 7. The van der Waals surface area contributed by atoms with Crippen molar-refractivity contribution in [3.05, 3.63) is 108 Å². The number of aryl methyl sites for hydroxylation is 1. The van der Waals surface area contributed by atoms with E-state index >= 15 is 0 Å². The maximum atomic E-state index is 12.9. The Labute approximate surface area is 231 Å². The predicted octanol–water partition coefficient (Wildman–Crippen LogP) is 7.90. The molecule has 0 bridgehead atoms. The first-order valence-corrected chi connectivity index (χ1v) is 13.2. The van der Waals surface area contributed by atoms with Gasteiger partial charge in [-0.1, -0.05) is 78.9 Å². The summed E-state index contributed by atoms with van der Waals surface area (Å²) in [5.41, 5.74) is 5.46. The van der Waals surface area contributed by atoms with Crippen molar-refractivity contribution in [3.63, 3.8) is 0 Å². The Balaban J connectivity index is 1.27. The van der Waals surface area contributed by atoms with Crippen LogP contribution in [0.1, 0.15) is 42.7 Å². The molecule has 0 radical (unpaired) electrons. The zero-order chi connectivity index (χ0) is 27.9. The molecule has 1 aliphatic carbocycles. The van der Waals surface area contributed by atoms with Crippen molar-refractivity contribution in [1.82, 2.24) is 4.98 Å². The van der Waals surface area contributed by atoms with Gasteiger partial charge in [-0.3, -0.25) is 10.1 Å². The Morgan fingerprint density at radius 2 is 1.52 bits per heavy atom. The number of nitrogens with one attached hydrogen (secondary N) is 1. The normalized spacial score (nSPS) is 14.4. The van der Waals surface area contributed by atoms with Crippen LogP contribution in [0.25, 0.3) is 33.6 Å². The molecular formula is C33H28N2O5. The summed E-state index contributed by atoms with van der Waals surface area (Å²) in [5, 5.41) is 13.1. The fraction of sp³-hybridized carbons (Fsp3) is 0.182. The fourth-order valence-corrected chi connectivity index (χ4v) is 5.03. The first-order valence-electron chi connectivity index (χ1n) is 13.2. The van der Waals surface area contributed by atoms with Gasteiger partial charge in [-0.25, -0.2) is 9.78 Å². The first-order chi connectivity index (χ1) is 19.3. The molecule has 40 heavy (non-hydrogen) atoms. The highest BCUT2D eigenvalue weighted by molar-refractivity contribution is 6.04. The molecule has 6 rings (SSSR count). The number of aliphatic carboxylic acids is 1. The molecule has 2 aromatic heterocycles. The molecule has 1 saturated carbocycles. The highest BCUT2D eigenvalue weighted by Crippen LogP contribution is 2.48. The minimum atomic E-state index is -0.761. The van der Waals surface area contributed by atoms with Gasteiger partial charge in [0.15, 0.2) is 5.76 Å². The maximum absolute atomic E-state index is 12.9. The van der Waals surface area contributed by atoms with Crippen LogP contribution in [0.3, 0.4) is 0 Å². The third-order valence-electron chi connectivity index (χ3n) is 7.55. The minimum Gasteiger partial charge on any atom is -0.481 e. The van der Waals surface area contributed by atoms with Gasteiger partial charge < -0.3 is 14.3 Å². The van der Waals surface area contributed by atoms with Crippen molar-refractivity contribution in [1.29, 1.82) is 0 Å². The monoisotopic (exact) mass is 532 g/mol. The summed E-state index contributed by atoms with van der Waals surface area (Å²) in [5.74, 6) is -0.278. The molecule has 2 N–H and O–H groups in total. The number of nitrogens with zero attached hydrogens (tertiary/aromatic N) is 1. The zero-order valence-corrected chi connectivity index (χ0v) is 22.2. The van der Waals surface area contributed by atoms with Gasteiger partial charge in [-0.15, -0.1) is 0 Å². The molecular weight excluding hydrogens is 504 g/mol. The van der Waals surface area contributed by atoms with Crippen LogP contribution in [-0.2, 0) is 14.9 Å². The van der Waals surface area contributed by atoms with Crippen molar-refractivity contribution < 1.29 is 23.8 Å². The second-order valence-corrected chi connectivity index (χ2v) is 10.2. The molecule has 200 valence electrons. The lowest BCUT2D eigenvalue weighted by molar-refractivity contribution is -0.140. The molecule has 0 saturated heterocycles. The van der Waals surface area contributed by atoms with Crippen LogP contribution in [0.5, 0.6) is 0 Å². The van der Waals surface area contributed by atoms with Crippen molar-refractivity contribution in [2.24, 2.45) is 0 Å². The van der Waals surface area contributed by atoms with Crippen molar-refractivity contribution >= 4 is 28.8 Å². The average Bonchev–Trinajstić information content (AvgIpc) is 3.72. The van der Waals surface area contributed by atoms with E-state index in [-0.39, 0.29) is 0 Å². The standard InChI is InChI=1S/C33H28N2O5/c1-20-8-17-27-28(35-32(38)39-21(2)22-6-4-3-5-7-22)29(40-30(27)34-20)25-11-9-23(10-12-25)24-13-15-26(16-14-24)33(18-19-33)31(36)37/h3-17,21H,18-19H2,1-2H3,(H,35,38)(H,36,37)/t21-/m1/s1. The number of benzene rings is 3. The van der Waals surface area contributed by atoms with Crippen LogP contribution in [0.4, 0.5) is 10.5 Å². The molecule has 5 aromatic rings. The van der Waals surface area contributed by atoms with Crippen LogP contribution >= 0.6 is 0 Å². The number of ether oxygens (including phenoxy) is 1. The van der Waals surface area contributed by atoms with Gasteiger partial charge in [-0.2, -0.15) is 0 Å². The quantitative estimate of drug-likeness (QED) is 0.221. The number of pyridine rings is 1. The molecule has 1 aliphatic rings. The lowest BCUT2D eigenvalue weighted by Crippen LogP contribution is -2.19. The second-order valence-electron chi connectivity index (χ2n) is 10.2. The molecule has 7 nitrogen and oxygen atoms in total. The number of carbonyl (C=O) groups excluding carboxylic acids is 1. The lowest BCUT2D eigenvalue weighted by Gasteiger charge is -2.14. The molecule has 1 fully saturated rings. The summed E-state index contributed by atoms with van der Waals surface area (Å²) < 4.78 is 11.8. The van der Waals surface area contributed by atoms with E-state index < -0.39 is 23.6 Å². The Bertz CT molecular complexity index is 1700. The highest BCUT2D eigenvalue weighted by atomic mass is 16.6. The Morgan fingerprint density at radius 3 is 2.15 bits per heavy atom. The molecule has 0 unspecified atom stereocenters. The van der Waals surface area contributed by atoms with E-state index in [9.17, 15) is 14.7 Å². The topological polar surface area (TPSA) is 102 Å². The number of hydrogen-bond acceptors (Lipinski definition) is 5. The molecule has 0 aliphatic heterocycles. The van der Waals surface area contributed by atoms with Gasteiger partial charge in [0.25, 0.3) is 0 Å². The molecule has 7 heteroatoms. The number of carboxylic acids is 1. The molecule has 1 atom stereocenters. The van der Waals surface area contributed by atoms with Crippen LogP contribution in [0.2, 0.25) is 0 Å². The van der Waals surface area contributed by atoms with Crippen LogP contribution < -0.4 is 5.32 Å². The van der Waals surface area contributed by atoms with Crippen LogP contribution in [0.15, 0.2) is 95.4 Å². The molecule has 3 aromatic carbocycles. The van der Waals surface area contributed by atoms with Gasteiger partial charge in [0.2, 0.25) is 5.71 Å². The number of furan rings is 1. The molecule has 2 heterocycles. The molecule has 1 amide bonds. The summed E-state index contributed by atoms with van der Waals surface area (Å²) in [6, 6.07) is 28.8. The van der Waals surface area contributed by atoms with Crippen LogP contribution in [-0.4, -0.2) is 22.2 Å². The van der Waals surface area contributed by atoms with Crippen molar-refractivity contribution in [3.8, 4) is 22.5 Å². The van der Waals surface area contributed by atoms with Gasteiger partial charge in [0.1, 0.15) is 11.8 Å². The predicted molar refractivity (Wildman–Crippen MR) is 153 cm³/mol. The number of anilines is 1. The number of amides is 1. The Kier molecular flexibility index (Phi) is 6.34. The Morgan fingerprint density at radius 1 is 0.900 bits per heavy atom. The minimum absolute atomic E-state index is 0.425. The van der Waals surface area contributed by atoms with Crippen molar-refractivity contribution in [2.75, 3.05) is 5.32 Å². The lowest BCUT2D eigenvalue weighted by atomic mass is 9.93. The van der Waals surface area contributed by atoms with E-state index in [0.29, 0.717) is 35.4 Å². The third-order valence-corrected chi connectivity index (χ3v) is 7.55. The van der Waals surface area contributed by atoms with Crippen LogP contribution in [0, 0.1) is 6.92 Å². The summed E-state index contributed by atoms with van der Waals surface area (Å²) in [6.07, 6.45) is 0.334. The number of fused-ring (bicyclic) bond motifs is 1. The SMILES string of the molecule is Cc1ccc2c(NC(=O)O[C@H](C)c3ccccc3)c(-c3ccc(-c4ccc(C5(C(=O)O)CC5)cc4)cc3)oc2n1. The summed E-state index contributed by atoms with van der Waals surface area (Å²) in [6.45, 7) is 3.71. The van der Waals surface area contributed by atoms with E-state index in [1.54, 1.807) is 0 Å². The van der Waals surface area contributed by atoms with Gasteiger partial charge >= 0.3 is 12.1 Å². The Hall–Kier alpha value is -4.91. The fourth-order valence-electron chi connectivity index (χ4n) is 5.03.